The number of nitrogens with one attached hydrogen (secondary N) is 2. The maximum absolute atomic E-state index is 11.9. The Balaban J connectivity index is 1.63. The third kappa shape index (κ3) is 3.44. The number of nitro groups is 1. The SMILES string of the molecule is O=C(COc1cccc([N+](=O)[O-])c1)Nc1ccc2c(c1)C(=O)NC2=O. The van der Waals surface area contributed by atoms with Gasteiger partial charge in [0.05, 0.1) is 22.1 Å². The molecule has 0 unspecified atom stereocenters. The number of nitro benzene ring substituents is 1. The number of amides is 3. The molecule has 2 N–H and O–H groups in total. The summed E-state index contributed by atoms with van der Waals surface area (Å²) in [6, 6.07) is 9.77. The molecule has 9 heteroatoms. The summed E-state index contributed by atoms with van der Waals surface area (Å²) in [5.41, 5.74) is 0.613. The summed E-state index contributed by atoms with van der Waals surface area (Å²) >= 11 is 0. The minimum absolute atomic E-state index is 0.146. The Kier molecular flexibility index (Phi) is 4.12. The van der Waals surface area contributed by atoms with Gasteiger partial charge in [0.2, 0.25) is 0 Å². The molecule has 0 aromatic heterocycles. The molecule has 1 heterocycles. The minimum Gasteiger partial charge on any atom is -0.484 e. The molecule has 2 aromatic carbocycles. The molecule has 1 aliphatic rings. The van der Waals surface area contributed by atoms with Gasteiger partial charge >= 0.3 is 0 Å². The molecule has 2 aromatic rings. The minimum atomic E-state index is -0.566. The number of benzene rings is 2. The van der Waals surface area contributed by atoms with Gasteiger partial charge in [0.1, 0.15) is 5.75 Å². The molecule has 0 bridgehead atoms. The summed E-state index contributed by atoms with van der Waals surface area (Å²) in [5, 5.41) is 15.4. The molecule has 0 spiro atoms. The molecule has 3 amide bonds. The van der Waals surface area contributed by atoms with Crippen molar-refractivity contribution in [1.29, 1.82) is 0 Å². The molecule has 0 saturated carbocycles. The molecule has 1 aliphatic heterocycles. The molecule has 0 atom stereocenters. The van der Waals surface area contributed by atoms with Crippen molar-refractivity contribution >= 4 is 29.1 Å². The number of ether oxygens (including phenoxy) is 1. The number of rotatable bonds is 5. The fraction of sp³-hybridized carbons (Fsp3) is 0.0625. The fourth-order valence-corrected chi connectivity index (χ4v) is 2.28. The van der Waals surface area contributed by atoms with Gasteiger partial charge < -0.3 is 10.1 Å². The molecule has 0 radical (unpaired) electrons. The van der Waals surface area contributed by atoms with E-state index in [1.165, 1.54) is 42.5 Å². The molecule has 0 saturated heterocycles. The molecular weight excluding hydrogens is 330 g/mol. The van der Waals surface area contributed by atoms with Crippen LogP contribution in [0.4, 0.5) is 11.4 Å². The van der Waals surface area contributed by atoms with Crippen molar-refractivity contribution in [3.05, 3.63) is 63.7 Å². The van der Waals surface area contributed by atoms with Crippen molar-refractivity contribution in [1.82, 2.24) is 5.32 Å². The average Bonchev–Trinajstić information content (AvgIpc) is 2.87. The van der Waals surface area contributed by atoms with E-state index in [4.69, 9.17) is 4.74 Å². The summed E-state index contributed by atoms with van der Waals surface area (Å²) in [7, 11) is 0. The second-order valence-corrected chi connectivity index (χ2v) is 5.13. The van der Waals surface area contributed by atoms with Crippen LogP contribution in [0.2, 0.25) is 0 Å². The highest BCUT2D eigenvalue weighted by Crippen LogP contribution is 2.21. The molecule has 9 nitrogen and oxygen atoms in total. The van der Waals surface area contributed by atoms with Crippen molar-refractivity contribution in [2.45, 2.75) is 0 Å². The van der Waals surface area contributed by atoms with Gasteiger partial charge in [0, 0.05) is 11.8 Å². The lowest BCUT2D eigenvalue weighted by Crippen LogP contribution is -2.20. The van der Waals surface area contributed by atoms with Gasteiger partial charge in [-0.3, -0.25) is 29.8 Å². The molecule has 25 heavy (non-hydrogen) atoms. The second kappa shape index (κ2) is 6.40. The Morgan fingerprint density at radius 1 is 1.12 bits per heavy atom. The van der Waals surface area contributed by atoms with Crippen LogP contribution in [0.3, 0.4) is 0 Å². The van der Waals surface area contributed by atoms with Gasteiger partial charge in [0.15, 0.2) is 6.61 Å². The fourth-order valence-electron chi connectivity index (χ4n) is 2.28. The highest BCUT2D eigenvalue weighted by Gasteiger charge is 2.26. The molecule has 3 rings (SSSR count). The van der Waals surface area contributed by atoms with Crippen LogP contribution in [0.5, 0.6) is 5.75 Å². The van der Waals surface area contributed by atoms with Crippen molar-refractivity contribution in [2.75, 3.05) is 11.9 Å². The van der Waals surface area contributed by atoms with Crippen LogP contribution in [0.25, 0.3) is 0 Å². The topological polar surface area (TPSA) is 128 Å². The van der Waals surface area contributed by atoms with E-state index in [9.17, 15) is 24.5 Å². The number of hydrogen-bond donors (Lipinski definition) is 2. The lowest BCUT2D eigenvalue weighted by atomic mass is 10.1. The van der Waals surface area contributed by atoms with Crippen molar-refractivity contribution in [3.63, 3.8) is 0 Å². The van der Waals surface area contributed by atoms with E-state index in [1.807, 2.05) is 0 Å². The van der Waals surface area contributed by atoms with E-state index in [-0.39, 0.29) is 29.2 Å². The number of fused-ring (bicyclic) bond motifs is 1. The molecule has 0 fully saturated rings. The monoisotopic (exact) mass is 341 g/mol. The van der Waals surface area contributed by atoms with E-state index < -0.39 is 22.6 Å². The van der Waals surface area contributed by atoms with Gasteiger partial charge in [-0.2, -0.15) is 0 Å². The van der Waals surface area contributed by atoms with E-state index in [2.05, 4.69) is 10.6 Å². The summed E-state index contributed by atoms with van der Waals surface area (Å²) in [6.07, 6.45) is 0. The van der Waals surface area contributed by atoms with E-state index in [0.717, 1.165) is 0 Å². The van der Waals surface area contributed by atoms with Crippen molar-refractivity contribution in [3.8, 4) is 5.75 Å². The second-order valence-electron chi connectivity index (χ2n) is 5.13. The lowest BCUT2D eigenvalue weighted by Gasteiger charge is -2.08. The Bertz CT molecular complexity index is 908. The van der Waals surface area contributed by atoms with Crippen LogP contribution in [-0.2, 0) is 4.79 Å². The molecule has 126 valence electrons. The molecular formula is C16H11N3O6. The number of imide groups is 1. The first-order chi connectivity index (χ1) is 11.9. The average molecular weight is 341 g/mol. The van der Waals surface area contributed by atoms with Gasteiger partial charge in [0.25, 0.3) is 23.4 Å². The van der Waals surface area contributed by atoms with Crippen LogP contribution >= 0.6 is 0 Å². The Morgan fingerprint density at radius 3 is 2.64 bits per heavy atom. The summed E-state index contributed by atoms with van der Waals surface area (Å²) < 4.78 is 5.21. The first kappa shape index (κ1) is 16.1. The highest BCUT2D eigenvalue weighted by atomic mass is 16.6. The number of non-ortho nitro benzene ring substituents is 1. The third-order valence-electron chi connectivity index (χ3n) is 3.42. The molecule has 0 aliphatic carbocycles. The zero-order valence-electron chi connectivity index (χ0n) is 12.6. The van der Waals surface area contributed by atoms with Crippen LogP contribution < -0.4 is 15.4 Å². The Morgan fingerprint density at radius 2 is 1.88 bits per heavy atom. The number of anilines is 1. The number of carbonyl (C=O) groups is 3. The third-order valence-corrected chi connectivity index (χ3v) is 3.42. The first-order valence-corrected chi connectivity index (χ1v) is 7.11. The predicted octanol–water partition coefficient (Wildman–Crippen LogP) is 1.50. The lowest BCUT2D eigenvalue weighted by molar-refractivity contribution is -0.384. The summed E-state index contributed by atoms with van der Waals surface area (Å²) in [4.78, 5) is 45.1. The van der Waals surface area contributed by atoms with Crippen molar-refractivity contribution in [2.24, 2.45) is 0 Å². The highest BCUT2D eigenvalue weighted by molar-refractivity contribution is 6.22. The smallest absolute Gasteiger partial charge is 0.273 e. The zero-order valence-corrected chi connectivity index (χ0v) is 12.6. The van der Waals surface area contributed by atoms with E-state index in [1.54, 1.807) is 0 Å². The van der Waals surface area contributed by atoms with Gasteiger partial charge in [-0.15, -0.1) is 0 Å². The van der Waals surface area contributed by atoms with Crippen LogP contribution in [0.15, 0.2) is 42.5 Å². The van der Waals surface area contributed by atoms with Crippen LogP contribution in [0.1, 0.15) is 20.7 Å². The quantitative estimate of drug-likeness (QED) is 0.482. The Labute approximate surface area is 140 Å². The normalized spacial score (nSPS) is 12.3. The predicted molar refractivity (Wildman–Crippen MR) is 85.5 cm³/mol. The van der Waals surface area contributed by atoms with Gasteiger partial charge in [-0.05, 0) is 24.3 Å². The van der Waals surface area contributed by atoms with E-state index >= 15 is 0 Å². The maximum atomic E-state index is 11.9. The van der Waals surface area contributed by atoms with Crippen LogP contribution in [0, 0.1) is 10.1 Å². The number of hydrogen-bond acceptors (Lipinski definition) is 6. The standard InChI is InChI=1S/C16H11N3O6/c20-14(8-25-11-3-1-2-10(7-11)19(23)24)17-9-4-5-12-13(6-9)16(22)18-15(12)21/h1-7H,8H2,(H,17,20)(H,18,21,22). The largest absolute Gasteiger partial charge is 0.484 e. The Hall–Kier alpha value is -3.75. The van der Waals surface area contributed by atoms with E-state index in [0.29, 0.717) is 5.69 Å². The van der Waals surface area contributed by atoms with Gasteiger partial charge in [-0.1, -0.05) is 6.07 Å². The zero-order chi connectivity index (χ0) is 18.0. The van der Waals surface area contributed by atoms with Crippen molar-refractivity contribution < 1.29 is 24.0 Å². The number of nitrogens with zero attached hydrogens (tertiary/aromatic N) is 1. The number of carbonyl (C=O) groups excluding carboxylic acids is 3. The first-order valence-electron chi connectivity index (χ1n) is 7.11. The van der Waals surface area contributed by atoms with Gasteiger partial charge in [-0.25, -0.2) is 0 Å². The summed E-state index contributed by atoms with van der Waals surface area (Å²) in [5.74, 6) is -1.34. The maximum Gasteiger partial charge on any atom is 0.273 e. The summed E-state index contributed by atoms with van der Waals surface area (Å²) in [6.45, 7) is -0.372. The van der Waals surface area contributed by atoms with Crippen LogP contribution in [-0.4, -0.2) is 29.3 Å².